The van der Waals surface area contributed by atoms with Crippen molar-refractivity contribution in [2.75, 3.05) is 25.5 Å². The fraction of sp³-hybridized carbons (Fsp3) is 0.529. The van der Waals surface area contributed by atoms with E-state index in [0.717, 1.165) is 5.56 Å². The molecule has 24 heavy (non-hydrogen) atoms. The summed E-state index contributed by atoms with van der Waals surface area (Å²) in [6, 6.07) is 4.15. The lowest BCUT2D eigenvalue weighted by atomic mass is 9.94. The highest BCUT2D eigenvalue weighted by Crippen LogP contribution is 2.31. The molecular formula is C17H24FN3O3. The van der Waals surface area contributed by atoms with Gasteiger partial charge in [0.15, 0.2) is 0 Å². The van der Waals surface area contributed by atoms with Crippen molar-refractivity contribution >= 4 is 17.7 Å². The van der Waals surface area contributed by atoms with E-state index in [4.69, 9.17) is 5.11 Å². The number of nitrogens with one attached hydrogen (secondary N) is 1. The number of carboxylic acid groups (broad SMARTS) is 1. The zero-order valence-electron chi connectivity index (χ0n) is 14.4. The van der Waals surface area contributed by atoms with E-state index in [1.165, 1.54) is 11.0 Å². The first-order chi connectivity index (χ1) is 11.2. The van der Waals surface area contributed by atoms with Crippen molar-refractivity contribution in [1.29, 1.82) is 0 Å². The third-order valence-electron chi connectivity index (χ3n) is 4.30. The van der Waals surface area contributed by atoms with E-state index in [0.29, 0.717) is 18.9 Å². The van der Waals surface area contributed by atoms with Gasteiger partial charge in [-0.15, -0.1) is 0 Å². The number of hydrogen-bond acceptors (Lipinski definition) is 3. The molecule has 1 unspecified atom stereocenters. The van der Waals surface area contributed by atoms with Crippen LogP contribution in [0.15, 0.2) is 18.2 Å². The summed E-state index contributed by atoms with van der Waals surface area (Å²) >= 11 is 0. The fourth-order valence-corrected chi connectivity index (χ4v) is 3.41. The van der Waals surface area contributed by atoms with E-state index in [2.05, 4.69) is 19.2 Å². The van der Waals surface area contributed by atoms with Crippen LogP contribution in [-0.2, 0) is 4.79 Å². The Morgan fingerprint density at radius 3 is 2.58 bits per heavy atom. The number of rotatable bonds is 5. The Balaban J connectivity index is 2.25. The Morgan fingerprint density at radius 2 is 2.08 bits per heavy atom. The smallest absolute Gasteiger partial charge is 0.405 e. The highest BCUT2D eigenvalue weighted by Gasteiger charge is 2.35. The molecule has 6 nitrogen and oxygen atoms in total. The second kappa shape index (κ2) is 7.17. The molecular weight excluding hydrogens is 313 g/mol. The number of anilines is 1. The van der Waals surface area contributed by atoms with Crippen LogP contribution in [0.3, 0.4) is 0 Å². The van der Waals surface area contributed by atoms with Gasteiger partial charge in [0, 0.05) is 12.6 Å². The predicted octanol–water partition coefficient (Wildman–Crippen LogP) is 2.46. The van der Waals surface area contributed by atoms with Gasteiger partial charge in [0.1, 0.15) is 11.9 Å². The number of hydrogen-bond donors (Lipinski definition) is 2. The van der Waals surface area contributed by atoms with Crippen molar-refractivity contribution in [3.8, 4) is 0 Å². The standard InChI is InChI=1S/C17H24FN3O3/c1-10(2)15(20(3)4)11-5-6-14(12(18)9-11)21-8-7-13(16(21)22)19-17(23)24/h5-6,9-10,13,15,19H,7-8H2,1-4H3,(H,23,24)/t13-,15?/m0/s1. The average Bonchev–Trinajstić information content (AvgIpc) is 2.79. The number of amides is 2. The monoisotopic (exact) mass is 337 g/mol. The molecule has 7 heteroatoms. The molecule has 1 aromatic rings. The van der Waals surface area contributed by atoms with E-state index in [1.54, 1.807) is 6.07 Å². The van der Waals surface area contributed by atoms with Crippen LogP contribution in [0.25, 0.3) is 0 Å². The second-order valence-electron chi connectivity index (χ2n) is 6.64. The van der Waals surface area contributed by atoms with Crippen LogP contribution in [0.4, 0.5) is 14.9 Å². The SMILES string of the molecule is CC(C)C(c1ccc(N2CC[C@H](NC(=O)O)C2=O)c(F)c1)N(C)C. The summed E-state index contributed by atoms with van der Waals surface area (Å²) < 4.78 is 14.6. The lowest BCUT2D eigenvalue weighted by molar-refractivity contribution is -0.118. The minimum atomic E-state index is -1.25. The molecule has 2 N–H and O–H groups in total. The molecule has 1 saturated heterocycles. The Labute approximate surface area is 141 Å². The molecule has 0 bridgehead atoms. The van der Waals surface area contributed by atoms with Gasteiger partial charge in [0.25, 0.3) is 0 Å². The van der Waals surface area contributed by atoms with Gasteiger partial charge in [-0.25, -0.2) is 9.18 Å². The summed E-state index contributed by atoms with van der Waals surface area (Å²) in [6.45, 7) is 4.44. The maximum Gasteiger partial charge on any atom is 0.405 e. The normalized spacial score (nSPS) is 19.2. The molecule has 0 spiro atoms. The van der Waals surface area contributed by atoms with E-state index in [-0.39, 0.29) is 11.7 Å². The lowest BCUT2D eigenvalue weighted by Crippen LogP contribution is -2.41. The van der Waals surface area contributed by atoms with E-state index >= 15 is 0 Å². The highest BCUT2D eigenvalue weighted by atomic mass is 19.1. The van der Waals surface area contributed by atoms with Crippen molar-refractivity contribution in [2.45, 2.75) is 32.4 Å². The predicted molar refractivity (Wildman–Crippen MR) is 89.6 cm³/mol. The van der Waals surface area contributed by atoms with Crippen molar-refractivity contribution in [2.24, 2.45) is 5.92 Å². The van der Waals surface area contributed by atoms with Gasteiger partial charge < -0.3 is 20.2 Å². The fourth-order valence-electron chi connectivity index (χ4n) is 3.41. The zero-order valence-corrected chi connectivity index (χ0v) is 14.4. The van der Waals surface area contributed by atoms with Crippen molar-refractivity contribution in [3.63, 3.8) is 0 Å². The van der Waals surface area contributed by atoms with Crippen LogP contribution in [0.2, 0.25) is 0 Å². The molecule has 1 aliphatic rings. The van der Waals surface area contributed by atoms with Crippen molar-refractivity contribution in [1.82, 2.24) is 10.2 Å². The first-order valence-electron chi connectivity index (χ1n) is 7.99. The van der Waals surface area contributed by atoms with Gasteiger partial charge in [-0.2, -0.15) is 0 Å². The summed E-state index contributed by atoms with van der Waals surface area (Å²) in [5.41, 5.74) is 1.04. The first-order valence-corrected chi connectivity index (χ1v) is 7.99. The van der Waals surface area contributed by atoms with Gasteiger partial charge >= 0.3 is 6.09 Å². The van der Waals surface area contributed by atoms with Gasteiger partial charge in [0.2, 0.25) is 5.91 Å². The number of carbonyl (C=O) groups excluding carboxylic acids is 1. The summed E-state index contributed by atoms with van der Waals surface area (Å²) in [7, 11) is 3.89. The molecule has 0 saturated carbocycles. The van der Waals surface area contributed by atoms with Gasteiger partial charge in [0.05, 0.1) is 5.69 Å². The highest BCUT2D eigenvalue weighted by molar-refractivity contribution is 6.00. The van der Waals surface area contributed by atoms with Crippen LogP contribution in [0.5, 0.6) is 0 Å². The lowest BCUT2D eigenvalue weighted by Gasteiger charge is -2.29. The minimum absolute atomic E-state index is 0.0734. The summed E-state index contributed by atoms with van der Waals surface area (Å²) in [5.74, 6) is -0.579. The van der Waals surface area contributed by atoms with Crippen LogP contribution in [0, 0.1) is 11.7 Å². The third kappa shape index (κ3) is 3.67. The topological polar surface area (TPSA) is 72.9 Å². The first kappa shape index (κ1) is 18.2. The molecule has 0 aliphatic carbocycles. The molecule has 1 fully saturated rings. The van der Waals surface area contributed by atoms with Gasteiger partial charge in [-0.1, -0.05) is 19.9 Å². The number of benzene rings is 1. The largest absolute Gasteiger partial charge is 0.465 e. The van der Waals surface area contributed by atoms with Crippen LogP contribution < -0.4 is 10.2 Å². The molecule has 0 aromatic heterocycles. The Hall–Kier alpha value is -2.15. The minimum Gasteiger partial charge on any atom is -0.465 e. The Kier molecular flexibility index (Phi) is 5.43. The zero-order chi connectivity index (χ0) is 18.0. The van der Waals surface area contributed by atoms with E-state index in [9.17, 15) is 14.0 Å². The Bertz CT molecular complexity index is 626. The molecule has 1 heterocycles. The quantitative estimate of drug-likeness (QED) is 0.866. The number of nitrogens with zero attached hydrogens (tertiary/aromatic N) is 2. The van der Waals surface area contributed by atoms with Crippen molar-refractivity contribution < 1.29 is 19.1 Å². The van der Waals surface area contributed by atoms with Crippen LogP contribution in [-0.4, -0.2) is 48.7 Å². The maximum atomic E-state index is 14.6. The molecule has 2 amide bonds. The van der Waals surface area contributed by atoms with Gasteiger partial charge in [-0.05, 0) is 44.1 Å². The molecule has 0 radical (unpaired) electrons. The second-order valence-corrected chi connectivity index (χ2v) is 6.64. The third-order valence-corrected chi connectivity index (χ3v) is 4.30. The summed E-state index contributed by atoms with van der Waals surface area (Å²) in [6.07, 6.45) is -0.921. The maximum absolute atomic E-state index is 14.6. The van der Waals surface area contributed by atoms with Crippen LogP contribution >= 0.6 is 0 Å². The molecule has 132 valence electrons. The van der Waals surface area contributed by atoms with E-state index in [1.807, 2.05) is 25.1 Å². The summed E-state index contributed by atoms with van der Waals surface area (Å²) in [4.78, 5) is 26.3. The van der Waals surface area contributed by atoms with Crippen molar-refractivity contribution in [3.05, 3.63) is 29.6 Å². The molecule has 2 atom stereocenters. The molecule has 1 aromatic carbocycles. The van der Waals surface area contributed by atoms with Crippen LogP contribution in [0.1, 0.15) is 31.9 Å². The number of halogens is 1. The van der Waals surface area contributed by atoms with Gasteiger partial charge in [-0.3, -0.25) is 4.79 Å². The summed E-state index contributed by atoms with van der Waals surface area (Å²) in [5, 5.41) is 10.9. The molecule has 2 rings (SSSR count). The van der Waals surface area contributed by atoms with E-state index < -0.39 is 23.9 Å². The Morgan fingerprint density at radius 1 is 1.42 bits per heavy atom. The molecule has 1 aliphatic heterocycles. The number of carbonyl (C=O) groups is 2. The average molecular weight is 337 g/mol.